The van der Waals surface area contributed by atoms with Gasteiger partial charge in [0.1, 0.15) is 0 Å². The van der Waals surface area contributed by atoms with Gasteiger partial charge in [-0.3, -0.25) is 0 Å². The summed E-state index contributed by atoms with van der Waals surface area (Å²) in [7, 11) is 0. The van der Waals surface area contributed by atoms with Gasteiger partial charge in [-0.1, -0.05) is 64.8 Å². The summed E-state index contributed by atoms with van der Waals surface area (Å²) in [6.07, 6.45) is 0. The van der Waals surface area contributed by atoms with Crippen molar-refractivity contribution in [3.63, 3.8) is 0 Å². The number of hydrogen-bond acceptors (Lipinski definition) is 3. The van der Waals surface area contributed by atoms with E-state index in [1.54, 1.807) is 17.8 Å². The van der Waals surface area contributed by atoms with Gasteiger partial charge < -0.3 is 4.57 Å². The van der Waals surface area contributed by atoms with Crippen LogP contribution in [0.1, 0.15) is 18.1 Å². The highest BCUT2D eigenvalue weighted by Crippen LogP contribution is 2.32. The molecule has 3 rings (SSSR count). The van der Waals surface area contributed by atoms with Gasteiger partial charge in [-0.15, -0.1) is 10.2 Å². The Morgan fingerprint density at radius 1 is 1.04 bits per heavy atom. The number of rotatable bonds is 5. The Hall–Kier alpha value is -1.49. The van der Waals surface area contributed by atoms with Gasteiger partial charge in [0.15, 0.2) is 11.0 Å². The molecular formula is C18H17Cl2N3S. The molecule has 0 aliphatic rings. The first-order valence-electron chi connectivity index (χ1n) is 7.65. The van der Waals surface area contributed by atoms with Crippen molar-refractivity contribution in [1.29, 1.82) is 0 Å². The molecule has 0 unspecified atom stereocenters. The van der Waals surface area contributed by atoms with Gasteiger partial charge in [0.25, 0.3) is 0 Å². The molecule has 2 aromatic carbocycles. The van der Waals surface area contributed by atoms with Crippen LogP contribution < -0.4 is 0 Å². The SMILES string of the molecule is CCn1c(SCc2ccc(C)cc2)nnc1-c1ccc(Cl)cc1Cl. The molecule has 124 valence electrons. The number of aryl methyl sites for hydroxylation is 1. The minimum atomic E-state index is 0.583. The van der Waals surface area contributed by atoms with Gasteiger partial charge in [0.2, 0.25) is 0 Å². The zero-order valence-corrected chi connectivity index (χ0v) is 15.8. The van der Waals surface area contributed by atoms with Gasteiger partial charge >= 0.3 is 0 Å². The molecule has 0 atom stereocenters. The van der Waals surface area contributed by atoms with Gasteiger partial charge in [-0.2, -0.15) is 0 Å². The minimum Gasteiger partial charge on any atom is -0.302 e. The summed E-state index contributed by atoms with van der Waals surface area (Å²) in [5.41, 5.74) is 3.38. The average Bonchev–Trinajstić information content (AvgIpc) is 2.97. The fourth-order valence-electron chi connectivity index (χ4n) is 2.38. The Morgan fingerprint density at radius 3 is 2.46 bits per heavy atom. The molecule has 0 radical (unpaired) electrons. The lowest BCUT2D eigenvalue weighted by Gasteiger charge is -2.09. The van der Waals surface area contributed by atoms with Gasteiger partial charge in [0.05, 0.1) is 5.02 Å². The van der Waals surface area contributed by atoms with Crippen molar-refractivity contribution in [3.05, 3.63) is 63.6 Å². The van der Waals surface area contributed by atoms with E-state index in [0.29, 0.717) is 10.0 Å². The molecule has 1 heterocycles. The fraction of sp³-hybridized carbons (Fsp3) is 0.222. The monoisotopic (exact) mass is 377 g/mol. The lowest BCUT2D eigenvalue weighted by molar-refractivity contribution is 0.687. The van der Waals surface area contributed by atoms with Crippen molar-refractivity contribution in [3.8, 4) is 11.4 Å². The Kier molecular flexibility index (Phi) is 5.49. The zero-order valence-electron chi connectivity index (χ0n) is 13.5. The van der Waals surface area contributed by atoms with Crippen LogP contribution >= 0.6 is 35.0 Å². The molecule has 0 amide bonds. The molecule has 1 aromatic heterocycles. The molecule has 0 aliphatic carbocycles. The quantitative estimate of drug-likeness (QED) is 0.520. The Balaban J connectivity index is 1.85. The second kappa shape index (κ2) is 7.60. The van der Waals surface area contributed by atoms with E-state index in [1.807, 2.05) is 12.1 Å². The lowest BCUT2D eigenvalue weighted by atomic mass is 10.2. The van der Waals surface area contributed by atoms with Crippen molar-refractivity contribution < 1.29 is 0 Å². The third kappa shape index (κ3) is 3.77. The average molecular weight is 378 g/mol. The molecule has 0 fully saturated rings. The molecular weight excluding hydrogens is 361 g/mol. The smallest absolute Gasteiger partial charge is 0.191 e. The summed E-state index contributed by atoms with van der Waals surface area (Å²) in [6, 6.07) is 14.0. The fourth-order valence-corrected chi connectivity index (χ4v) is 3.83. The highest BCUT2D eigenvalue weighted by Gasteiger charge is 2.15. The molecule has 3 aromatic rings. The van der Waals surface area contributed by atoms with Crippen molar-refractivity contribution in [2.75, 3.05) is 0 Å². The van der Waals surface area contributed by atoms with E-state index in [1.165, 1.54) is 11.1 Å². The number of nitrogens with zero attached hydrogens (tertiary/aromatic N) is 3. The maximum atomic E-state index is 6.32. The van der Waals surface area contributed by atoms with Crippen molar-refractivity contribution in [2.45, 2.75) is 31.3 Å². The summed E-state index contributed by atoms with van der Waals surface area (Å²) < 4.78 is 2.08. The molecule has 0 spiro atoms. The van der Waals surface area contributed by atoms with Crippen LogP contribution in [0.4, 0.5) is 0 Å². The first kappa shape index (κ1) is 17.3. The summed E-state index contributed by atoms with van der Waals surface area (Å²) in [4.78, 5) is 0. The van der Waals surface area contributed by atoms with E-state index < -0.39 is 0 Å². The summed E-state index contributed by atoms with van der Waals surface area (Å²) in [5.74, 6) is 1.62. The number of hydrogen-bond donors (Lipinski definition) is 0. The third-order valence-electron chi connectivity index (χ3n) is 3.69. The lowest BCUT2D eigenvalue weighted by Crippen LogP contribution is -2.00. The minimum absolute atomic E-state index is 0.583. The van der Waals surface area contributed by atoms with Crippen molar-refractivity contribution >= 4 is 35.0 Å². The van der Waals surface area contributed by atoms with Gasteiger partial charge in [0, 0.05) is 22.9 Å². The summed E-state index contributed by atoms with van der Waals surface area (Å²) in [6.45, 7) is 4.94. The number of halogens is 2. The maximum absolute atomic E-state index is 6.32. The van der Waals surface area contributed by atoms with Crippen LogP contribution in [-0.4, -0.2) is 14.8 Å². The van der Waals surface area contributed by atoms with Crippen LogP contribution in [0.25, 0.3) is 11.4 Å². The Bertz CT molecular complexity index is 844. The molecule has 3 nitrogen and oxygen atoms in total. The predicted octanol–water partition coefficient (Wildman–Crippen LogP) is 5.87. The standard InChI is InChI=1S/C18H17Cl2N3S/c1-3-23-17(15-9-8-14(19)10-16(15)20)21-22-18(23)24-11-13-6-4-12(2)5-7-13/h4-10H,3,11H2,1-2H3. The van der Waals surface area contributed by atoms with Gasteiger partial charge in [-0.25, -0.2) is 0 Å². The van der Waals surface area contributed by atoms with Crippen molar-refractivity contribution in [1.82, 2.24) is 14.8 Å². The van der Waals surface area contributed by atoms with E-state index in [4.69, 9.17) is 23.2 Å². The van der Waals surface area contributed by atoms with E-state index in [2.05, 4.69) is 52.9 Å². The third-order valence-corrected chi connectivity index (χ3v) is 5.28. The molecule has 0 bridgehead atoms. The zero-order chi connectivity index (χ0) is 17.1. The Labute approximate surface area is 156 Å². The number of aromatic nitrogens is 3. The van der Waals surface area contributed by atoms with E-state index in [9.17, 15) is 0 Å². The normalized spacial score (nSPS) is 11.0. The van der Waals surface area contributed by atoms with Crippen LogP contribution in [0.2, 0.25) is 10.0 Å². The van der Waals surface area contributed by atoms with Crippen molar-refractivity contribution in [2.24, 2.45) is 0 Å². The van der Waals surface area contributed by atoms with Crippen LogP contribution in [0.5, 0.6) is 0 Å². The van der Waals surface area contributed by atoms with Gasteiger partial charge in [-0.05, 0) is 37.6 Å². The molecule has 24 heavy (non-hydrogen) atoms. The molecule has 6 heteroatoms. The summed E-state index contributed by atoms with van der Waals surface area (Å²) in [5, 5.41) is 10.8. The van der Waals surface area contributed by atoms with E-state index in [-0.39, 0.29) is 0 Å². The number of benzene rings is 2. The van der Waals surface area contributed by atoms with Crippen LogP contribution in [-0.2, 0) is 12.3 Å². The Morgan fingerprint density at radius 2 is 1.79 bits per heavy atom. The highest BCUT2D eigenvalue weighted by molar-refractivity contribution is 7.98. The predicted molar refractivity (Wildman–Crippen MR) is 102 cm³/mol. The summed E-state index contributed by atoms with van der Waals surface area (Å²) >= 11 is 14.0. The van der Waals surface area contributed by atoms with Crippen LogP contribution in [0.3, 0.4) is 0 Å². The van der Waals surface area contributed by atoms with E-state index in [0.717, 1.165) is 28.8 Å². The molecule has 0 aliphatic heterocycles. The molecule has 0 N–H and O–H groups in total. The van der Waals surface area contributed by atoms with Crippen LogP contribution in [0, 0.1) is 6.92 Å². The molecule has 0 saturated heterocycles. The second-order valence-electron chi connectivity index (χ2n) is 5.45. The highest BCUT2D eigenvalue weighted by atomic mass is 35.5. The molecule has 0 saturated carbocycles. The first-order chi connectivity index (χ1) is 11.6. The van der Waals surface area contributed by atoms with Crippen LogP contribution in [0.15, 0.2) is 47.6 Å². The topological polar surface area (TPSA) is 30.7 Å². The largest absolute Gasteiger partial charge is 0.302 e. The maximum Gasteiger partial charge on any atom is 0.191 e. The number of thioether (sulfide) groups is 1. The van der Waals surface area contributed by atoms with E-state index >= 15 is 0 Å². The second-order valence-corrected chi connectivity index (χ2v) is 7.24. The first-order valence-corrected chi connectivity index (χ1v) is 9.39.